The number of piperazine rings is 1. The molecule has 2 aliphatic rings. The Bertz CT molecular complexity index is 1980. The van der Waals surface area contributed by atoms with Gasteiger partial charge in [0.05, 0.1) is 47.7 Å². The van der Waals surface area contributed by atoms with Gasteiger partial charge >= 0.3 is 0 Å². The van der Waals surface area contributed by atoms with E-state index in [-0.39, 0.29) is 17.6 Å². The maximum atomic E-state index is 14.1. The molecule has 0 aliphatic carbocycles. The number of hydrogen-bond donors (Lipinski definition) is 1. The summed E-state index contributed by atoms with van der Waals surface area (Å²) in [6, 6.07) is 16.6. The molecule has 2 atom stereocenters. The monoisotopic (exact) mass is 629 g/mol. The molecular formula is C32H35N7O5S. The average molecular weight is 630 g/mol. The number of nitrogens with one attached hydrogen (secondary N) is 1. The zero-order valence-corrected chi connectivity index (χ0v) is 26.0. The molecule has 45 heavy (non-hydrogen) atoms. The summed E-state index contributed by atoms with van der Waals surface area (Å²) in [4.78, 5) is 35.6. The number of para-hydroxylation sites is 3. The lowest BCUT2D eigenvalue weighted by Crippen LogP contribution is -2.52. The molecule has 0 radical (unpaired) electrons. The number of methoxy groups -OCH3 is 1. The van der Waals surface area contributed by atoms with E-state index in [0.717, 1.165) is 54.6 Å². The Balaban J connectivity index is 1.23. The third-order valence-electron chi connectivity index (χ3n) is 8.65. The van der Waals surface area contributed by atoms with Gasteiger partial charge in [-0.25, -0.2) is 23.4 Å². The number of carbonyl (C=O) groups excluding carboxylic acids is 1. The van der Waals surface area contributed by atoms with Crippen LogP contribution in [0, 0.1) is 5.92 Å². The smallest absolute Gasteiger partial charge is 0.243 e. The van der Waals surface area contributed by atoms with E-state index in [0.29, 0.717) is 48.3 Å². The van der Waals surface area contributed by atoms with Gasteiger partial charge in [0.2, 0.25) is 26.8 Å². The van der Waals surface area contributed by atoms with E-state index < -0.39 is 15.9 Å². The summed E-state index contributed by atoms with van der Waals surface area (Å²) in [6.45, 7) is 3.96. The molecule has 2 saturated heterocycles. The molecule has 1 unspecified atom stereocenters. The van der Waals surface area contributed by atoms with Crippen LogP contribution < -0.4 is 4.74 Å². The fourth-order valence-corrected chi connectivity index (χ4v) is 7.26. The predicted molar refractivity (Wildman–Crippen MR) is 169 cm³/mol. The van der Waals surface area contributed by atoms with Crippen molar-refractivity contribution in [2.45, 2.75) is 24.2 Å². The number of sulfone groups is 1. The van der Waals surface area contributed by atoms with Crippen LogP contribution >= 0.6 is 0 Å². The van der Waals surface area contributed by atoms with Gasteiger partial charge in [0.15, 0.2) is 0 Å². The van der Waals surface area contributed by atoms with E-state index >= 15 is 0 Å². The first-order valence-corrected chi connectivity index (χ1v) is 16.9. The summed E-state index contributed by atoms with van der Waals surface area (Å²) >= 11 is 0. The van der Waals surface area contributed by atoms with E-state index in [9.17, 15) is 13.2 Å². The van der Waals surface area contributed by atoms with Crippen LogP contribution in [-0.2, 0) is 25.9 Å². The van der Waals surface area contributed by atoms with Gasteiger partial charge in [-0.3, -0.25) is 9.69 Å². The summed E-state index contributed by atoms with van der Waals surface area (Å²) in [5, 5.41) is 0.850. The highest BCUT2D eigenvalue weighted by atomic mass is 32.2. The summed E-state index contributed by atoms with van der Waals surface area (Å²) < 4.78 is 38.2. The maximum Gasteiger partial charge on any atom is 0.243 e. The van der Waals surface area contributed by atoms with Crippen molar-refractivity contribution in [3.63, 3.8) is 0 Å². The number of ether oxygens (including phenoxy) is 2. The molecule has 2 aromatic carbocycles. The van der Waals surface area contributed by atoms with Crippen molar-refractivity contribution < 1.29 is 22.7 Å². The van der Waals surface area contributed by atoms with Crippen molar-refractivity contribution in [3.05, 3.63) is 66.6 Å². The zero-order valence-electron chi connectivity index (χ0n) is 25.2. The van der Waals surface area contributed by atoms with Crippen molar-refractivity contribution in [2.75, 3.05) is 52.8 Å². The van der Waals surface area contributed by atoms with Crippen LogP contribution in [0.25, 0.3) is 33.2 Å². The highest BCUT2D eigenvalue weighted by Gasteiger charge is 2.36. The quantitative estimate of drug-likeness (QED) is 0.274. The van der Waals surface area contributed by atoms with Gasteiger partial charge in [0.1, 0.15) is 18.4 Å². The van der Waals surface area contributed by atoms with Crippen LogP contribution in [-0.4, -0.2) is 101 Å². The molecule has 2 fully saturated rings. The first-order valence-electron chi connectivity index (χ1n) is 15.0. The number of hydrogen-bond acceptors (Lipinski definition) is 9. The Kier molecular flexibility index (Phi) is 7.76. The SMILES string of the molecule is COc1nc2ccccc2cc1-c1cnc([C@@H]2CN(CC3CCOC3)CCN2C(=O)Cn2c(S(C)(=O)=O)nc3ccccc32)[nH]1. The Labute approximate surface area is 260 Å². The third-order valence-corrected chi connectivity index (χ3v) is 9.63. The molecule has 1 amide bonds. The maximum absolute atomic E-state index is 14.1. The van der Waals surface area contributed by atoms with Gasteiger partial charge in [-0.2, -0.15) is 0 Å². The van der Waals surface area contributed by atoms with Crippen LogP contribution in [0.1, 0.15) is 18.3 Å². The van der Waals surface area contributed by atoms with E-state index in [1.54, 1.807) is 36.4 Å². The molecule has 0 saturated carbocycles. The van der Waals surface area contributed by atoms with Gasteiger partial charge in [0.25, 0.3) is 0 Å². The molecular weight excluding hydrogens is 594 g/mol. The Morgan fingerprint density at radius 1 is 1.09 bits per heavy atom. The first kappa shape index (κ1) is 29.4. The van der Waals surface area contributed by atoms with Gasteiger partial charge in [-0.15, -0.1) is 0 Å². The van der Waals surface area contributed by atoms with Crippen molar-refractivity contribution in [1.29, 1.82) is 0 Å². The standard InChI is InChI=1S/C32H35N7O5S/c1-43-31-23(15-22-7-3-4-8-24(22)35-31)26-16-33-30(34-26)28-18-37(17-21-11-14-44-20-21)12-13-38(28)29(40)19-39-27-10-6-5-9-25(27)36-32(39)45(2,41)42/h3-10,15-16,21,28H,11-14,17-20H2,1-2H3,(H,33,34)/t21?,28-/m0/s1. The molecule has 2 aliphatic heterocycles. The number of nitrogens with zero attached hydrogens (tertiary/aromatic N) is 6. The van der Waals surface area contributed by atoms with Crippen molar-refractivity contribution >= 4 is 37.7 Å². The lowest BCUT2D eigenvalue weighted by atomic mass is 10.1. The van der Waals surface area contributed by atoms with E-state index in [2.05, 4.69) is 19.9 Å². The largest absolute Gasteiger partial charge is 0.480 e. The van der Waals surface area contributed by atoms with E-state index in [1.807, 2.05) is 36.4 Å². The molecule has 0 spiro atoms. The number of H-pyrrole nitrogens is 1. The Morgan fingerprint density at radius 3 is 2.67 bits per heavy atom. The van der Waals surface area contributed by atoms with Gasteiger partial charge < -0.3 is 23.9 Å². The number of aromatic amines is 1. The van der Waals surface area contributed by atoms with Crippen molar-refractivity contribution in [2.24, 2.45) is 5.92 Å². The van der Waals surface area contributed by atoms with E-state index in [4.69, 9.17) is 14.5 Å². The van der Waals surface area contributed by atoms with Crippen LogP contribution in [0.3, 0.4) is 0 Å². The third kappa shape index (κ3) is 5.78. The number of rotatable bonds is 8. The Hall–Kier alpha value is -4.33. The highest BCUT2D eigenvalue weighted by Crippen LogP contribution is 2.33. The van der Waals surface area contributed by atoms with Gasteiger partial charge in [0, 0.05) is 44.4 Å². The fourth-order valence-electron chi connectivity index (χ4n) is 6.44. The van der Waals surface area contributed by atoms with Crippen LogP contribution in [0.5, 0.6) is 5.88 Å². The molecule has 5 aromatic rings. The van der Waals surface area contributed by atoms with Gasteiger partial charge in [-0.05, 0) is 36.6 Å². The van der Waals surface area contributed by atoms with E-state index in [1.165, 1.54) is 4.57 Å². The summed E-state index contributed by atoms with van der Waals surface area (Å²) in [5.41, 5.74) is 3.45. The van der Waals surface area contributed by atoms with Gasteiger partial charge in [-0.1, -0.05) is 30.3 Å². The lowest BCUT2D eigenvalue weighted by molar-refractivity contribution is -0.137. The number of amides is 1. The normalized spacial score (nSPS) is 19.5. The number of carbonyl (C=O) groups is 1. The van der Waals surface area contributed by atoms with Crippen molar-refractivity contribution in [3.8, 4) is 17.1 Å². The minimum absolute atomic E-state index is 0.121. The summed E-state index contributed by atoms with van der Waals surface area (Å²) in [7, 11) is -2.09. The van der Waals surface area contributed by atoms with Crippen LogP contribution in [0.2, 0.25) is 0 Å². The summed E-state index contributed by atoms with van der Waals surface area (Å²) in [6.07, 6.45) is 3.89. The zero-order chi connectivity index (χ0) is 31.1. The number of benzene rings is 2. The van der Waals surface area contributed by atoms with Crippen LogP contribution in [0.4, 0.5) is 0 Å². The molecule has 1 N–H and O–H groups in total. The highest BCUT2D eigenvalue weighted by molar-refractivity contribution is 7.90. The molecule has 5 heterocycles. The molecule has 7 rings (SSSR count). The molecule has 12 nitrogen and oxygen atoms in total. The minimum Gasteiger partial charge on any atom is -0.480 e. The summed E-state index contributed by atoms with van der Waals surface area (Å²) in [5.74, 6) is 1.35. The Morgan fingerprint density at radius 2 is 1.89 bits per heavy atom. The molecule has 0 bridgehead atoms. The second kappa shape index (κ2) is 11.9. The number of pyridine rings is 1. The van der Waals surface area contributed by atoms with Crippen LogP contribution in [0.15, 0.2) is 66.0 Å². The lowest BCUT2D eigenvalue weighted by Gasteiger charge is -2.41. The number of aromatic nitrogens is 5. The number of fused-ring (bicyclic) bond motifs is 2. The molecule has 234 valence electrons. The second-order valence-corrected chi connectivity index (χ2v) is 13.7. The average Bonchev–Trinajstić information content (AvgIpc) is 3.81. The van der Waals surface area contributed by atoms with Crippen molar-refractivity contribution in [1.82, 2.24) is 34.3 Å². The molecule has 13 heteroatoms. The predicted octanol–water partition coefficient (Wildman–Crippen LogP) is 3.31. The topological polar surface area (TPSA) is 136 Å². The molecule has 3 aromatic heterocycles. The second-order valence-electron chi connectivity index (χ2n) is 11.8. The minimum atomic E-state index is -3.68. The fraction of sp³-hybridized carbons (Fsp3) is 0.375. The first-order chi connectivity index (χ1) is 21.8. The number of imidazole rings is 2.